The summed E-state index contributed by atoms with van der Waals surface area (Å²) in [4.78, 5) is 11.1. The van der Waals surface area contributed by atoms with E-state index in [1.807, 2.05) is 0 Å². The van der Waals surface area contributed by atoms with Gasteiger partial charge in [-0.15, -0.1) is 0 Å². The van der Waals surface area contributed by atoms with E-state index in [-0.39, 0.29) is 0 Å². The largest absolute Gasteiger partial charge is 0.466 e. The maximum atomic E-state index is 12.8. The molecule has 112 valence electrons. The molecule has 3 nitrogen and oxygen atoms in total. The van der Waals surface area contributed by atoms with Gasteiger partial charge in [-0.2, -0.15) is 26.3 Å². The molecule has 0 aromatic heterocycles. The first-order chi connectivity index (χ1) is 9.06. The van der Waals surface area contributed by atoms with E-state index in [4.69, 9.17) is 0 Å². The van der Waals surface area contributed by atoms with Gasteiger partial charge in [0.25, 0.3) is 0 Å². The fourth-order valence-corrected chi connectivity index (χ4v) is 1.36. The van der Waals surface area contributed by atoms with Gasteiger partial charge in [-0.05, 0) is 12.1 Å². The molecule has 0 unspecified atom stereocenters. The zero-order valence-corrected chi connectivity index (χ0v) is 9.88. The number of alkyl halides is 6. The lowest BCUT2D eigenvalue weighted by molar-refractivity contribution is -0.346. The summed E-state index contributed by atoms with van der Waals surface area (Å²) in [6.45, 7) is 0. The van der Waals surface area contributed by atoms with Crippen molar-refractivity contribution >= 4 is 5.97 Å². The Kier molecular flexibility index (Phi) is 4.21. The first-order valence-corrected chi connectivity index (χ1v) is 5.02. The van der Waals surface area contributed by atoms with E-state index in [9.17, 15) is 31.1 Å². The van der Waals surface area contributed by atoms with Crippen molar-refractivity contribution in [1.29, 1.82) is 0 Å². The van der Waals surface area contributed by atoms with E-state index in [2.05, 4.69) is 9.47 Å². The normalized spacial score (nSPS) is 12.9. The zero-order chi connectivity index (χ0) is 15.6. The lowest BCUT2D eigenvalue weighted by Gasteiger charge is -2.34. The van der Waals surface area contributed by atoms with Crippen LogP contribution in [0, 0.1) is 0 Å². The molecule has 0 heterocycles. The van der Waals surface area contributed by atoms with Crippen LogP contribution in [0.25, 0.3) is 0 Å². The summed E-state index contributed by atoms with van der Waals surface area (Å²) in [6, 6.07) is 5.38. The van der Waals surface area contributed by atoms with Crippen LogP contribution in [0.1, 0.15) is 0 Å². The predicted octanol–water partition coefficient (Wildman–Crippen LogP) is 3.10. The minimum Gasteiger partial charge on any atom is -0.466 e. The molecule has 0 aliphatic rings. The molecule has 0 spiro atoms. The van der Waals surface area contributed by atoms with E-state index in [1.54, 1.807) is 0 Å². The third-order valence-electron chi connectivity index (χ3n) is 2.29. The number of ether oxygens (including phenoxy) is 2. The van der Waals surface area contributed by atoms with Gasteiger partial charge in [0.2, 0.25) is 0 Å². The SMILES string of the molecule is COC(=O)C(Oc1ccccc1)(C(F)(F)F)C(F)(F)F. The molecule has 9 heteroatoms. The number of carbonyl (C=O) groups excluding carboxylic acids is 1. The van der Waals surface area contributed by atoms with Gasteiger partial charge >= 0.3 is 23.9 Å². The number of rotatable bonds is 3. The van der Waals surface area contributed by atoms with Crippen LogP contribution in [-0.2, 0) is 9.53 Å². The summed E-state index contributed by atoms with van der Waals surface area (Å²) in [5, 5.41) is 0. The van der Waals surface area contributed by atoms with Crippen LogP contribution >= 0.6 is 0 Å². The van der Waals surface area contributed by atoms with Gasteiger partial charge in [0.05, 0.1) is 7.11 Å². The smallest absolute Gasteiger partial charge is 0.449 e. The molecule has 20 heavy (non-hydrogen) atoms. The fourth-order valence-electron chi connectivity index (χ4n) is 1.36. The standard InChI is InChI=1S/C11H8F6O3/c1-19-8(18)9(10(12,13)14,11(15,16)17)20-7-5-3-2-4-6-7/h2-6H,1H3. The van der Waals surface area contributed by atoms with Crippen molar-refractivity contribution in [2.24, 2.45) is 0 Å². The lowest BCUT2D eigenvalue weighted by Crippen LogP contribution is -2.66. The van der Waals surface area contributed by atoms with E-state index >= 15 is 0 Å². The Morgan fingerprint density at radius 2 is 1.40 bits per heavy atom. The third-order valence-corrected chi connectivity index (χ3v) is 2.29. The number of benzene rings is 1. The van der Waals surface area contributed by atoms with Crippen LogP contribution in [0.3, 0.4) is 0 Å². The van der Waals surface area contributed by atoms with Crippen molar-refractivity contribution in [3.63, 3.8) is 0 Å². The number of carbonyl (C=O) groups is 1. The number of halogens is 6. The second-order valence-electron chi connectivity index (χ2n) is 3.58. The van der Waals surface area contributed by atoms with Gasteiger partial charge in [-0.1, -0.05) is 18.2 Å². The highest BCUT2D eigenvalue weighted by atomic mass is 19.4. The molecule has 0 N–H and O–H groups in total. The second kappa shape index (κ2) is 5.22. The van der Waals surface area contributed by atoms with Gasteiger partial charge in [-0.25, -0.2) is 4.79 Å². The van der Waals surface area contributed by atoms with Crippen LogP contribution < -0.4 is 4.74 Å². The first kappa shape index (κ1) is 16.1. The molecule has 0 saturated heterocycles. The average Bonchev–Trinajstić information content (AvgIpc) is 2.33. The Bertz CT molecular complexity index is 451. The summed E-state index contributed by atoms with van der Waals surface area (Å²) < 4.78 is 84.7. The highest BCUT2D eigenvalue weighted by Gasteiger charge is 2.80. The average molecular weight is 302 g/mol. The minimum absolute atomic E-state index is 0.406. The fraction of sp³-hybridized carbons (Fsp3) is 0.364. The molecule has 0 fully saturated rings. The Labute approximate surface area is 109 Å². The van der Waals surface area contributed by atoms with Crippen LogP contribution in [0.4, 0.5) is 26.3 Å². The molecule has 1 aromatic carbocycles. The van der Waals surface area contributed by atoms with Gasteiger partial charge in [0.1, 0.15) is 5.75 Å². The van der Waals surface area contributed by atoms with Crippen molar-refractivity contribution in [1.82, 2.24) is 0 Å². The summed E-state index contributed by atoms with van der Waals surface area (Å²) in [5.74, 6) is -3.37. The highest BCUT2D eigenvalue weighted by molar-refractivity contribution is 5.82. The molecule has 0 saturated carbocycles. The van der Waals surface area contributed by atoms with Gasteiger partial charge in [0.15, 0.2) is 0 Å². The van der Waals surface area contributed by atoms with Gasteiger partial charge < -0.3 is 9.47 Å². The molecule has 0 aliphatic carbocycles. The maximum Gasteiger partial charge on any atom is 0.449 e. The summed E-state index contributed by atoms with van der Waals surface area (Å²) in [5.41, 5.74) is -5.07. The van der Waals surface area contributed by atoms with Crippen LogP contribution in [-0.4, -0.2) is 31.0 Å². The molecule has 0 aliphatic heterocycles. The Morgan fingerprint density at radius 3 is 1.75 bits per heavy atom. The molecule has 0 atom stereocenters. The highest BCUT2D eigenvalue weighted by Crippen LogP contribution is 2.46. The van der Waals surface area contributed by atoms with Crippen molar-refractivity contribution < 1.29 is 40.6 Å². The number of hydrogen-bond acceptors (Lipinski definition) is 3. The van der Waals surface area contributed by atoms with Crippen molar-refractivity contribution in [2.45, 2.75) is 18.0 Å². The topological polar surface area (TPSA) is 35.5 Å². The minimum atomic E-state index is -6.05. The quantitative estimate of drug-likeness (QED) is 0.636. The summed E-state index contributed by atoms with van der Waals surface area (Å²) in [7, 11) is 0.406. The molecule has 0 radical (unpaired) electrons. The number of esters is 1. The molecule has 0 bridgehead atoms. The van der Waals surface area contributed by atoms with Crippen LogP contribution in [0.15, 0.2) is 30.3 Å². The number of para-hydroxylation sites is 1. The Morgan fingerprint density at radius 1 is 0.950 bits per heavy atom. The van der Waals surface area contributed by atoms with Crippen LogP contribution in [0.5, 0.6) is 5.75 Å². The molecule has 1 aromatic rings. The van der Waals surface area contributed by atoms with E-state index in [0.29, 0.717) is 7.11 Å². The predicted molar refractivity (Wildman–Crippen MR) is 53.9 cm³/mol. The molecular weight excluding hydrogens is 294 g/mol. The van der Waals surface area contributed by atoms with Gasteiger partial charge in [-0.3, -0.25) is 0 Å². The lowest BCUT2D eigenvalue weighted by atomic mass is 10.0. The summed E-state index contributed by atoms with van der Waals surface area (Å²) in [6.07, 6.45) is -12.1. The Hall–Kier alpha value is -1.93. The van der Waals surface area contributed by atoms with Crippen LogP contribution in [0.2, 0.25) is 0 Å². The van der Waals surface area contributed by atoms with E-state index < -0.39 is 29.7 Å². The number of methoxy groups -OCH3 is 1. The van der Waals surface area contributed by atoms with Crippen molar-refractivity contribution in [3.05, 3.63) is 30.3 Å². The van der Waals surface area contributed by atoms with Gasteiger partial charge in [0, 0.05) is 0 Å². The van der Waals surface area contributed by atoms with E-state index in [0.717, 1.165) is 24.3 Å². The second-order valence-corrected chi connectivity index (χ2v) is 3.58. The van der Waals surface area contributed by atoms with E-state index in [1.165, 1.54) is 6.07 Å². The maximum absolute atomic E-state index is 12.8. The van der Waals surface area contributed by atoms with Crippen molar-refractivity contribution in [2.75, 3.05) is 7.11 Å². The first-order valence-electron chi connectivity index (χ1n) is 5.02. The third kappa shape index (κ3) is 2.66. The molecular formula is C11H8F6O3. The molecule has 1 rings (SSSR count). The van der Waals surface area contributed by atoms with Crippen molar-refractivity contribution in [3.8, 4) is 5.75 Å². The zero-order valence-electron chi connectivity index (χ0n) is 9.88. The monoisotopic (exact) mass is 302 g/mol. The Balaban J connectivity index is 3.43. The molecule has 0 amide bonds. The number of hydrogen-bond donors (Lipinski definition) is 0. The summed E-state index contributed by atoms with van der Waals surface area (Å²) >= 11 is 0.